The minimum absolute atomic E-state index is 0.0143. The number of aliphatic carboxylic acids is 1. The highest BCUT2D eigenvalue weighted by Crippen LogP contribution is 2.20. The number of benzene rings is 2. The lowest BCUT2D eigenvalue weighted by Gasteiger charge is -2.26. The second-order valence-electron chi connectivity index (χ2n) is 10.4. The van der Waals surface area contributed by atoms with E-state index < -0.39 is 59.9 Å². The number of phenols is 1. The number of carbonyl (C=O) groups is 4. The molecule has 5 atom stereocenters. The van der Waals surface area contributed by atoms with E-state index in [1.807, 2.05) is 24.3 Å². The number of carbonyl (C=O) groups excluding carboxylic acids is 3. The number of aromatic amines is 1. The van der Waals surface area contributed by atoms with Gasteiger partial charge in [-0.05, 0) is 42.2 Å². The van der Waals surface area contributed by atoms with E-state index in [1.165, 1.54) is 19.1 Å². The summed E-state index contributed by atoms with van der Waals surface area (Å²) in [6.07, 6.45) is 0.546. The van der Waals surface area contributed by atoms with Crippen LogP contribution in [-0.4, -0.2) is 74.3 Å². The summed E-state index contributed by atoms with van der Waals surface area (Å²) in [5, 5.41) is 37.6. The first-order chi connectivity index (χ1) is 19.4. The van der Waals surface area contributed by atoms with Gasteiger partial charge in [-0.25, -0.2) is 4.79 Å². The molecule has 5 unspecified atom stereocenters. The van der Waals surface area contributed by atoms with Crippen molar-refractivity contribution in [3.05, 3.63) is 65.9 Å². The monoisotopic (exact) mass is 567 g/mol. The predicted molar refractivity (Wildman–Crippen MR) is 152 cm³/mol. The average molecular weight is 568 g/mol. The molecule has 12 heteroatoms. The van der Waals surface area contributed by atoms with E-state index in [4.69, 9.17) is 5.73 Å². The number of hydrogen-bond donors (Lipinski definition) is 8. The Morgan fingerprint density at radius 1 is 0.854 bits per heavy atom. The van der Waals surface area contributed by atoms with Crippen LogP contribution in [0.2, 0.25) is 0 Å². The fourth-order valence-corrected chi connectivity index (χ4v) is 4.33. The Morgan fingerprint density at radius 2 is 1.44 bits per heavy atom. The number of H-pyrrole nitrogens is 1. The lowest BCUT2D eigenvalue weighted by atomic mass is 10.00. The van der Waals surface area contributed by atoms with Gasteiger partial charge in [0.15, 0.2) is 0 Å². The number of nitrogens with two attached hydrogens (primary N) is 1. The number of hydrogen-bond acceptors (Lipinski definition) is 7. The molecule has 0 spiro atoms. The van der Waals surface area contributed by atoms with Gasteiger partial charge in [-0.2, -0.15) is 0 Å². The zero-order valence-corrected chi connectivity index (χ0v) is 23.1. The summed E-state index contributed by atoms with van der Waals surface area (Å²) >= 11 is 0. The lowest BCUT2D eigenvalue weighted by Crippen LogP contribution is -2.59. The predicted octanol–water partition coefficient (Wildman–Crippen LogP) is 0.562. The molecule has 0 radical (unpaired) electrons. The van der Waals surface area contributed by atoms with Crippen molar-refractivity contribution in [1.82, 2.24) is 20.9 Å². The van der Waals surface area contributed by atoms with Gasteiger partial charge in [0, 0.05) is 29.9 Å². The topological polar surface area (TPSA) is 207 Å². The molecule has 1 aromatic heterocycles. The largest absolute Gasteiger partial charge is 0.508 e. The van der Waals surface area contributed by atoms with Crippen LogP contribution < -0.4 is 21.7 Å². The molecule has 3 rings (SSSR count). The third kappa shape index (κ3) is 8.29. The fourth-order valence-electron chi connectivity index (χ4n) is 4.33. The molecule has 3 aromatic rings. The number of para-hydroxylation sites is 1. The average Bonchev–Trinajstić information content (AvgIpc) is 3.33. The summed E-state index contributed by atoms with van der Waals surface area (Å²) in [4.78, 5) is 54.6. The van der Waals surface area contributed by atoms with Gasteiger partial charge in [-0.1, -0.05) is 44.2 Å². The molecular weight excluding hydrogens is 530 g/mol. The van der Waals surface area contributed by atoms with Gasteiger partial charge in [-0.15, -0.1) is 0 Å². The number of aromatic hydroxyl groups is 1. The Morgan fingerprint density at radius 3 is 2.05 bits per heavy atom. The zero-order valence-electron chi connectivity index (χ0n) is 23.1. The molecule has 12 nitrogen and oxygen atoms in total. The molecule has 220 valence electrons. The van der Waals surface area contributed by atoms with Gasteiger partial charge in [0.05, 0.1) is 6.10 Å². The Kier molecular flexibility index (Phi) is 10.5. The van der Waals surface area contributed by atoms with E-state index in [2.05, 4.69) is 20.9 Å². The zero-order chi connectivity index (χ0) is 30.3. The first-order valence-electron chi connectivity index (χ1n) is 13.3. The maximum absolute atomic E-state index is 13.7. The van der Waals surface area contributed by atoms with Gasteiger partial charge in [-0.3, -0.25) is 14.4 Å². The summed E-state index contributed by atoms with van der Waals surface area (Å²) in [5.41, 5.74) is 7.94. The smallest absolute Gasteiger partial charge is 0.326 e. The molecule has 0 fully saturated rings. The third-order valence-corrected chi connectivity index (χ3v) is 6.79. The van der Waals surface area contributed by atoms with Gasteiger partial charge in [0.25, 0.3) is 0 Å². The first kappa shape index (κ1) is 31.1. The van der Waals surface area contributed by atoms with Crippen molar-refractivity contribution in [2.45, 2.75) is 63.9 Å². The van der Waals surface area contributed by atoms with Crippen molar-refractivity contribution in [2.75, 3.05) is 0 Å². The molecule has 41 heavy (non-hydrogen) atoms. The summed E-state index contributed by atoms with van der Waals surface area (Å²) in [5.74, 6) is -3.84. The number of aliphatic hydroxyl groups is 1. The number of aliphatic hydroxyl groups excluding tert-OH is 1. The van der Waals surface area contributed by atoms with E-state index in [1.54, 1.807) is 32.2 Å². The van der Waals surface area contributed by atoms with E-state index in [0.717, 1.165) is 16.5 Å². The maximum Gasteiger partial charge on any atom is 0.326 e. The van der Waals surface area contributed by atoms with Gasteiger partial charge in [0.2, 0.25) is 17.7 Å². The number of carboxylic acids is 1. The second kappa shape index (κ2) is 13.8. The van der Waals surface area contributed by atoms with Gasteiger partial charge >= 0.3 is 5.97 Å². The number of aromatic nitrogens is 1. The number of nitrogens with one attached hydrogen (secondary N) is 4. The number of carboxylic acid groups (broad SMARTS) is 1. The number of amides is 3. The first-order valence-corrected chi connectivity index (χ1v) is 13.3. The molecule has 3 amide bonds. The van der Waals surface area contributed by atoms with Gasteiger partial charge < -0.3 is 42.0 Å². The molecule has 0 saturated carbocycles. The number of phenolic OH excluding ortho intramolecular Hbond substituents is 1. The minimum Gasteiger partial charge on any atom is -0.508 e. The molecule has 0 aliphatic rings. The van der Waals surface area contributed by atoms with Crippen LogP contribution in [-0.2, 0) is 32.0 Å². The van der Waals surface area contributed by atoms with Crippen molar-refractivity contribution in [1.29, 1.82) is 0 Å². The SMILES string of the molecule is CC(C)C(NC(=O)C(Cc1ccc(O)cc1)NC(=O)C(Cc1c[nH]c2ccccc12)NC(=O)C(N)C(C)O)C(=O)O. The Bertz CT molecular complexity index is 1370. The van der Waals surface area contributed by atoms with Crippen molar-refractivity contribution >= 4 is 34.6 Å². The Hall–Kier alpha value is -4.42. The highest BCUT2D eigenvalue weighted by molar-refractivity contribution is 5.95. The van der Waals surface area contributed by atoms with Crippen LogP contribution >= 0.6 is 0 Å². The van der Waals surface area contributed by atoms with Crippen LogP contribution in [0, 0.1) is 5.92 Å². The Labute approximate surface area is 237 Å². The van der Waals surface area contributed by atoms with Crippen LogP contribution in [0.3, 0.4) is 0 Å². The summed E-state index contributed by atoms with van der Waals surface area (Å²) in [6, 6.07) is 8.50. The molecule has 1 heterocycles. The van der Waals surface area contributed by atoms with Crippen LogP contribution in [0.1, 0.15) is 31.9 Å². The Balaban J connectivity index is 1.91. The van der Waals surface area contributed by atoms with Crippen molar-refractivity contribution in [2.24, 2.45) is 11.7 Å². The molecule has 0 saturated heterocycles. The van der Waals surface area contributed by atoms with Crippen molar-refractivity contribution < 1.29 is 34.5 Å². The second-order valence-corrected chi connectivity index (χ2v) is 10.4. The highest BCUT2D eigenvalue weighted by Gasteiger charge is 2.32. The van der Waals surface area contributed by atoms with Crippen LogP contribution in [0.25, 0.3) is 10.9 Å². The molecule has 9 N–H and O–H groups in total. The summed E-state index contributed by atoms with van der Waals surface area (Å²) < 4.78 is 0. The number of rotatable bonds is 13. The van der Waals surface area contributed by atoms with Gasteiger partial charge in [0.1, 0.15) is 29.9 Å². The van der Waals surface area contributed by atoms with E-state index >= 15 is 0 Å². The van der Waals surface area contributed by atoms with Crippen molar-refractivity contribution in [3.63, 3.8) is 0 Å². The van der Waals surface area contributed by atoms with Crippen molar-refractivity contribution in [3.8, 4) is 5.75 Å². The lowest BCUT2D eigenvalue weighted by molar-refractivity contribution is -0.143. The molecule has 0 aliphatic heterocycles. The van der Waals surface area contributed by atoms with Crippen LogP contribution in [0.4, 0.5) is 0 Å². The minimum atomic E-state index is -1.30. The standard InChI is InChI=1S/C29H37N5O7/c1-15(2)25(29(40)41)34-27(38)22(12-17-8-10-19(36)11-9-17)32-26(37)23(33-28(39)24(30)16(3)35)13-18-14-31-21-7-5-4-6-20(18)21/h4-11,14-16,22-25,31,35-36H,12-13,30H2,1-3H3,(H,32,37)(H,33,39)(H,34,38)(H,40,41). The fraction of sp³-hybridized carbons (Fsp3) is 0.379. The van der Waals surface area contributed by atoms with Crippen LogP contribution in [0.15, 0.2) is 54.7 Å². The molecular formula is C29H37N5O7. The number of fused-ring (bicyclic) bond motifs is 1. The summed E-state index contributed by atoms with van der Waals surface area (Å²) in [7, 11) is 0. The van der Waals surface area contributed by atoms with E-state index in [9.17, 15) is 34.5 Å². The quantitative estimate of drug-likeness (QED) is 0.146. The normalized spacial score (nSPS) is 15.0. The molecule has 0 bridgehead atoms. The maximum atomic E-state index is 13.7. The van der Waals surface area contributed by atoms with E-state index in [0.29, 0.717) is 5.56 Å². The highest BCUT2D eigenvalue weighted by atomic mass is 16.4. The molecule has 2 aromatic carbocycles. The van der Waals surface area contributed by atoms with Crippen LogP contribution in [0.5, 0.6) is 5.75 Å². The van der Waals surface area contributed by atoms with E-state index in [-0.39, 0.29) is 18.6 Å². The molecule has 0 aliphatic carbocycles. The summed E-state index contributed by atoms with van der Waals surface area (Å²) in [6.45, 7) is 4.64. The third-order valence-electron chi connectivity index (χ3n) is 6.79.